The second-order valence-electron chi connectivity index (χ2n) is 5.06. The quantitative estimate of drug-likeness (QED) is 0.348. The van der Waals surface area contributed by atoms with E-state index in [4.69, 9.17) is 27.9 Å². The van der Waals surface area contributed by atoms with Crippen molar-refractivity contribution in [2.45, 2.75) is 0 Å². The number of nitrogens with zero attached hydrogens (tertiary/aromatic N) is 3. The Bertz CT molecular complexity index is 748. The molecule has 1 aromatic carbocycles. The van der Waals surface area contributed by atoms with E-state index in [1.165, 1.54) is 24.1 Å². The summed E-state index contributed by atoms with van der Waals surface area (Å²) in [5.41, 5.74) is 1.45. The van der Waals surface area contributed by atoms with E-state index in [-0.39, 0.29) is 5.00 Å². The molecule has 1 heterocycles. The third-order valence-corrected chi connectivity index (χ3v) is 4.88. The molecule has 0 bridgehead atoms. The first-order valence-corrected chi connectivity index (χ1v) is 9.49. The van der Waals surface area contributed by atoms with Gasteiger partial charge in [-0.2, -0.15) is 0 Å². The fourth-order valence-electron chi connectivity index (χ4n) is 2.34. The molecule has 7 nitrogen and oxygen atoms in total. The highest BCUT2D eigenvalue weighted by atomic mass is 35.5. The van der Waals surface area contributed by atoms with E-state index in [1.807, 2.05) is 17.0 Å². The highest BCUT2D eigenvalue weighted by Gasteiger charge is 2.23. The molecule has 0 aliphatic heterocycles. The lowest BCUT2D eigenvalue weighted by atomic mass is 10.2. The van der Waals surface area contributed by atoms with Gasteiger partial charge in [-0.15, -0.1) is 23.2 Å². The fourth-order valence-corrected chi connectivity index (χ4v) is 3.58. The maximum Gasteiger partial charge on any atom is 0.419 e. The molecule has 2 aromatic rings. The van der Waals surface area contributed by atoms with Crippen LogP contribution in [0, 0.1) is 10.1 Å². The number of methoxy groups -OCH3 is 1. The lowest BCUT2D eigenvalue weighted by molar-refractivity contribution is -0.380. The van der Waals surface area contributed by atoms with Crippen LogP contribution in [-0.4, -0.2) is 43.0 Å². The van der Waals surface area contributed by atoms with E-state index in [9.17, 15) is 14.9 Å². The van der Waals surface area contributed by atoms with Gasteiger partial charge in [-0.05, 0) is 41.7 Å². The summed E-state index contributed by atoms with van der Waals surface area (Å²) in [6.07, 6.45) is -0.632. The van der Waals surface area contributed by atoms with Gasteiger partial charge in [-0.3, -0.25) is 10.1 Å². The van der Waals surface area contributed by atoms with Crippen LogP contribution < -0.4 is 9.80 Å². The number of nitro groups is 1. The standard InChI is InChI=1S/C16H17Cl2N3O4S/c1-25-16(22)20(14-6-7-15(26-14)21(23)24)13-4-2-12(3-5-13)19(10-8-17)11-9-18/h2-7H,8-11H2,1H3. The van der Waals surface area contributed by atoms with Crippen LogP contribution in [0.15, 0.2) is 36.4 Å². The number of amides is 1. The van der Waals surface area contributed by atoms with Gasteiger partial charge in [0.05, 0.1) is 17.7 Å². The highest BCUT2D eigenvalue weighted by Crippen LogP contribution is 2.36. The lowest BCUT2D eigenvalue weighted by Gasteiger charge is -2.24. The van der Waals surface area contributed by atoms with Gasteiger partial charge < -0.3 is 9.64 Å². The minimum atomic E-state index is -0.632. The number of hydrogen-bond acceptors (Lipinski definition) is 6. The highest BCUT2D eigenvalue weighted by molar-refractivity contribution is 7.19. The molecule has 0 saturated carbocycles. The van der Waals surface area contributed by atoms with Crippen LogP contribution in [0.3, 0.4) is 0 Å². The van der Waals surface area contributed by atoms with Crippen molar-refractivity contribution in [3.05, 3.63) is 46.5 Å². The van der Waals surface area contributed by atoms with Gasteiger partial charge in [0.1, 0.15) is 5.00 Å². The maximum absolute atomic E-state index is 12.2. The number of thiophene rings is 1. The molecule has 0 fully saturated rings. The molecule has 10 heteroatoms. The van der Waals surface area contributed by atoms with Crippen molar-refractivity contribution >= 4 is 62.0 Å². The fraction of sp³-hybridized carbons (Fsp3) is 0.312. The third-order valence-electron chi connectivity index (χ3n) is 3.52. The number of hydrogen-bond donors (Lipinski definition) is 0. The topological polar surface area (TPSA) is 75.9 Å². The molecular formula is C16H17Cl2N3O4S. The summed E-state index contributed by atoms with van der Waals surface area (Å²) in [5.74, 6) is 0.928. The predicted molar refractivity (Wildman–Crippen MR) is 106 cm³/mol. The number of carbonyl (C=O) groups excluding carboxylic acids is 1. The molecule has 2 rings (SSSR count). The van der Waals surface area contributed by atoms with Gasteiger partial charge in [-0.25, -0.2) is 9.69 Å². The van der Waals surface area contributed by atoms with Gasteiger partial charge in [0.25, 0.3) is 0 Å². The minimum absolute atomic E-state index is 0.0547. The first kappa shape index (κ1) is 20.3. The number of halogens is 2. The van der Waals surface area contributed by atoms with Crippen molar-refractivity contribution in [2.24, 2.45) is 0 Å². The Kier molecular flexibility index (Phi) is 7.50. The molecule has 0 aliphatic carbocycles. The van der Waals surface area contributed by atoms with Crippen molar-refractivity contribution in [3.63, 3.8) is 0 Å². The third kappa shape index (κ3) is 4.78. The normalized spacial score (nSPS) is 10.4. The maximum atomic E-state index is 12.2. The van der Waals surface area contributed by atoms with E-state index >= 15 is 0 Å². The second kappa shape index (κ2) is 9.61. The zero-order valence-electron chi connectivity index (χ0n) is 13.9. The molecule has 26 heavy (non-hydrogen) atoms. The summed E-state index contributed by atoms with van der Waals surface area (Å²) < 4.78 is 4.82. The second-order valence-corrected chi connectivity index (χ2v) is 6.85. The van der Waals surface area contributed by atoms with Gasteiger partial charge in [0.15, 0.2) is 0 Å². The van der Waals surface area contributed by atoms with Crippen molar-refractivity contribution in [1.29, 1.82) is 0 Å². The van der Waals surface area contributed by atoms with Gasteiger partial charge >= 0.3 is 11.1 Å². The minimum Gasteiger partial charge on any atom is -0.452 e. The monoisotopic (exact) mass is 417 g/mol. The SMILES string of the molecule is COC(=O)N(c1ccc(N(CCCl)CCCl)cc1)c1ccc([N+](=O)[O-])s1. The van der Waals surface area contributed by atoms with Crippen molar-refractivity contribution in [2.75, 3.05) is 41.8 Å². The van der Waals surface area contributed by atoms with E-state index < -0.39 is 11.0 Å². The Hall–Kier alpha value is -2.03. The van der Waals surface area contributed by atoms with Crippen LogP contribution in [-0.2, 0) is 4.74 Å². The van der Waals surface area contributed by atoms with Crippen LogP contribution in [0.1, 0.15) is 0 Å². The molecule has 140 valence electrons. The zero-order valence-corrected chi connectivity index (χ0v) is 16.3. The first-order chi connectivity index (χ1) is 12.5. The smallest absolute Gasteiger partial charge is 0.419 e. The van der Waals surface area contributed by atoms with Crippen molar-refractivity contribution < 1.29 is 14.5 Å². The molecule has 0 N–H and O–H groups in total. The molecule has 0 saturated heterocycles. The predicted octanol–water partition coefficient (Wildman–Crippen LogP) is 4.84. The zero-order chi connectivity index (χ0) is 19.1. The van der Waals surface area contributed by atoms with E-state index in [1.54, 1.807) is 12.1 Å². The van der Waals surface area contributed by atoms with E-state index in [0.717, 1.165) is 17.0 Å². The number of anilines is 3. The Balaban J connectivity index is 2.33. The van der Waals surface area contributed by atoms with Gasteiger partial charge in [-0.1, -0.05) is 0 Å². The molecule has 0 aliphatic rings. The van der Waals surface area contributed by atoms with E-state index in [0.29, 0.717) is 35.5 Å². The molecule has 1 aromatic heterocycles. The summed E-state index contributed by atoms with van der Waals surface area (Å²) in [5, 5.41) is 11.3. The van der Waals surface area contributed by atoms with Gasteiger partial charge in [0.2, 0.25) is 0 Å². The molecule has 1 amide bonds. The Morgan fingerprint density at radius 3 is 2.15 bits per heavy atom. The molecular weight excluding hydrogens is 401 g/mol. The number of carbonyl (C=O) groups is 1. The number of alkyl halides is 2. The Morgan fingerprint density at radius 1 is 1.12 bits per heavy atom. The average Bonchev–Trinajstić information content (AvgIpc) is 3.12. The molecule has 0 spiro atoms. The Labute approximate surface area is 164 Å². The van der Waals surface area contributed by atoms with Crippen LogP contribution in [0.4, 0.5) is 26.2 Å². The number of ether oxygens (including phenoxy) is 1. The molecule has 0 atom stereocenters. The first-order valence-electron chi connectivity index (χ1n) is 7.61. The Morgan fingerprint density at radius 2 is 1.69 bits per heavy atom. The largest absolute Gasteiger partial charge is 0.452 e. The summed E-state index contributed by atoms with van der Waals surface area (Å²) in [6, 6.07) is 10.0. The summed E-state index contributed by atoms with van der Waals surface area (Å²) >= 11 is 12.5. The van der Waals surface area contributed by atoms with Crippen LogP contribution in [0.2, 0.25) is 0 Å². The lowest BCUT2D eigenvalue weighted by Crippen LogP contribution is -2.28. The summed E-state index contributed by atoms with van der Waals surface area (Å²) in [4.78, 5) is 25.9. The van der Waals surface area contributed by atoms with Crippen LogP contribution >= 0.6 is 34.5 Å². The van der Waals surface area contributed by atoms with E-state index in [2.05, 4.69) is 0 Å². The average molecular weight is 418 g/mol. The number of rotatable bonds is 8. The summed E-state index contributed by atoms with van der Waals surface area (Å²) in [7, 11) is 1.26. The van der Waals surface area contributed by atoms with Crippen molar-refractivity contribution in [3.8, 4) is 0 Å². The number of benzene rings is 1. The van der Waals surface area contributed by atoms with Crippen LogP contribution in [0.25, 0.3) is 0 Å². The molecule has 0 radical (unpaired) electrons. The summed E-state index contributed by atoms with van der Waals surface area (Å²) in [6.45, 7) is 1.29. The van der Waals surface area contributed by atoms with Crippen LogP contribution in [0.5, 0.6) is 0 Å². The molecule has 0 unspecified atom stereocenters. The van der Waals surface area contributed by atoms with Crippen molar-refractivity contribution in [1.82, 2.24) is 0 Å². The van der Waals surface area contributed by atoms with Gasteiger partial charge in [0, 0.05) is 36.6 Å².